The van der Waals surface area contributed by atoms with Gasteiger partial charge in [-0.3, -0.25) is 0 Å². The highest BCUT2D eigenvalue weighted by Gasteiger charge is 2.07. The van der Waals surface area contributed by atoms with Gasteiger partial charge in [0, 0.05) is 24.0 Å². The highest BCUT2D eigenvalue weighted by Crippen LogP contribution is 2.23. The molecular weight excluding hydrogens is 372 g/mol. The number of unbranched alkanes of at least 4 members (excludes halogenated alkanes) is 7. The van der Waals surface area contributed by atoms with Gasteiger partial charge in [0.25, 0.3) is 0 Å². The minimum atomic E-state index is -0.924. The van der Waals surface area contributed by atoms with Crippen molar-refractivity contribution in [2.24, 2.45) is 0 Å². The van der Waals surface area contributed by atoms with Crippen LogP contribution in [0.4, 0.5) is 0 Å². The summed E-state index contributed by atoms with van der Waals surface area (Å²) in [6.07, 6.45) is 19.8. The number of benzene rings is 1. The van der Waals surface area contributed by atoms with Gasteiger partial charge < -0.3 is 5.11 Å². The first-order chi connectivity index (χ1) is 14.6. The number of aliphatic carboxylic acids is 1. The SMILES string of the molecule is CCCCCCCCc1cc(-c2ncc(CCCCC)cn2)ccc1C=CC(=O)O. The molecular formula is C26H36N2O2. The molecule has 0 atom stereocenters. The molecule has 1 N–H and O–H groups in total. The van der Waals surface area contributed by atoms with Gasteiger partial charge in [0.15, 0.2) is 5.82 Å². The molecule has 1 aromatic heterocycles. The Morgan fingerprint density at radius 2 is 1.53 bits per heavy atom. The summed E-state index contributed by atoms with van der Waals surface area (Å²) in [5.74, 6) is -0.196. The molecule has 162 valence electrons. The molecule has 2 rings (SSSR count). The van der Waals surface area contributed by atoms with Gasteiger partial charge in [-0.15, -0.1) is 0 Å². The predicted molar refractivity (Wildman–Crippen MR) is 124 cm³/mol. The van der Waals surface area contributed by atoms with Crippen molar-refractivity contribution in [3.05, 3.63) is 53.4 Å². The Morgan fingerprint density at radius 1 is 0.900 bits per heavy atom. The molecule has 0 unspecified atom stereocenters. The number of aromatic nitrogens is 2. The molecule has 0 saturated heterocycles. The van der Waals surface area contributed by atoms with E-state index in [-0.39, 0.29) is 0 Å². The van der Waals surface area contributed by atoms with E-state index in [0.717, 1.165) is 41.8 Å². The number of rotatable bonds is 14. The van der Waals surface area contributed by atoms with Crippen molar-refractivity contribution in [2.45, 2.75) is 84.5 Å². The summed E-state index contributed by atoms with van der Waals surface area (Å²) in [7, 11) is 0. The molecule has 1 heterocycles. The minimum Gasteiger partial charge on any atom is -0.478 e. The van der Waals surface area contributed by atoms with E-state index in [9.17, 15) is 4.79 Å². The van der Waals surface area contributed by atoms with Gasteiger partial charge in [-0.25, -0.2) is 14.8 Å². The van der Waals surface area contributed by atoms with E-state index >= 15 is 0 Å². The fraction of sp³-hybridized carbons (Fsp3) is 0.500. The number of carbonyl (C=O) groups is 1. The van der Waals surface area contributed by atoms with Crippen LogP contribution in [0.3, 0.4) is 0 Å². The standard InChI is InChI=1S/C26H36N2O2/c1-3-5-7-8-9-11-13-23-18-24(15-14-22(23)16-17-25(29)30)26-27-19-21(20-28-26)12-10-6-4-2/h14-20H,3-13H2,1-2H3,(H,29,30). The van der Waals surface area contributed by atoms with E-state index in [1.807, 2.05) is 24.5 Å². The van der Waals surface area contributed by atoms with Crippen LogP contribution in [0.15, 0.2) is 36.7 Å². The fourth-order valence-electron chi connectivity index (χ4n) is 3.59. The first kappa shape index (κ1) is 23.8. The number of carboxylic acid groups (broad SMARTS) is 1. The van der Waals surface area contributed by atoms with Crippen LogP contribution in [0.1, 0.15) is 88.3 Å². The molecule has 0 saturated carbocycles. The van der Waals surface area contributed by atoms with Gasteiger partial charge in [-0.2, -0.15) is 0 Å². The topological polar surface area (TPSA) is 63.1 Å². The predicted octanol–water partition coefficient (Wildman–Crippen LogP) is 6.88. The third kappa shape index (κ3) is 8.48. The maximum absolute atomic E-state index is 11.0. The van der Waals surface area contributed by atoms with E-state index in [2.05, 4.69) is 29.9 Å². The Balaban J connectivity index is 2.11. The average Bonchev–Trinajstić information content (AvgIpc) is 2.75. The van der Waals surface area contributed by atoms with Crippen LogP contribution in [-0.2, 0) is 17.6 Å². The monoisotopic (exact) mass is 408 g/mol. The summed E-state index contributed by atoms with van der Waals surface area (Å²) in [5.41, 5.74) is 4.30. The summed E-state index contributed by atoms with van der Waals surface area (Å²) in [6.45, 7) is 4.43. The molecule has 4 heteroatoms. The number of hydrogen-bond acceptors (Lipinski definition) is 3. The van der Waals surface area contributed by atoms with Gasteiger partial charge in [0.1, 0.15) is 0 Å². The molecule has 0 bridgehead atoms. The molecule has 0 aliphatic heterocycles. The van der Waals surface area contributed by atoms with E-state index in [0.29, 0.717) is 0 Å². The Hall–Kier alpha value is -2.49. The van der Waals surface area contributed by atoms with Crippen LogP contribution in [0, 0.1) is 0 Å². The van der Waals surface area contributed by atoms with Crippen LogP contribution >= 0.6 is 0 Å². The number of carboxylic acids is 1. The molecule has 4 nitrogen and oxygen atoms in total. The lowest BCUT2D eigenvalue weighted by Gasteiger charge is -2.10. The Morgan fingerprint density at radius 3 is 2.23 bits per heavy atom. The van der Waals surface area contributed by atoms with E-state index in [4.69, 9.17) is 5.11 Å². The normalized spacial score (nSPS) is 11.3. The van der Waals surface area contributed by atoms with E-state index in [1.165, 1.54) is 63.0 Å². The lowest BCUT2D eigenvalue weighted by Crippen LogP contribution is -1.96. The number of aryl methyl sites for hydroxylation is 2. The second kappa shape index (κ2) is 13.7. The van der Waals surface area contributed by atoms with Gasteiger partial charge in [-0.1, -0.05) is 70.9 Å². The summed E-state index contributed by atoms with van der Waals surface area (Å²) < 4.78 is 0. The van der Waals surface area contributed by atoms with Crippen LogP contribution in [0.2, 0.25) is 0 Å². The van der Waals surface area contributed by atoms with Crippen LogP contribution in [0.5, 0.6) is 0 Å². The first-order valence-corrected chi connectivity index (χ1v) is 11.5. The van der Waals surface area contributed by atoms with Crippen molar-refractivity contribution in [1.82, 2.24) is 9.97 Å². The number of nitrogens with zero attached hydrogens (tertiary/aromatic N) is 2. The molecule has 30 heavy (non-hydrogen) atoms. The van der Waals surface area contributed by atoms with Crippen LogP contribution in [-0.4, -0.2) is 21.0 Å². The quantitative estimate of drug-likeness (QED) is 0.273. The number of hydrogen-bond donors (Lipinski definition) is 1. The van der Waals surface area contributed by atoms with Crippen molar-refractivity contribution < 1.29 is 9.90 Å². The highest BCUT2D eigenvalue weighted by molar-refractivity contribution is 5.85. The third-order valence-electron chi connectivity index (χ3n) is 5.38. The fourth-order valence-corrected chi connectivity index (χ4v) is 3.59. The first-order valence-electron chi connectivity index (χ1n) is 11.5. The average molecular weight is 409 g/mol. The zero-order chi connectivity index (χ0) is 21.6. The molecule has 0 spiro atoms. The highest BCUT2D eigenvalue weighted by atomic mass is 16.4. The van der Waals surface area contributed by atoms with E-state index in [1.54, 1.807) is 6.08 Å². The van der Waals surface area contributed by atoms with E-state index < -0.39 is 5.97 Å². The zero-order valence-corrected chi connectivity index (χ0v) is 18.6. The smallest absolute Gasteiger partial charge is 0.328 e. The van der Waals surface area contributed by atoms with Crippen molar-refractivity contribution in [3.63, 3.8) is 0 Å². The Labute approximate surface area is 181 Å². The lowest BCUT2D eigenvalue weighted by atomic mass is 9.97. The summed E-state index contributed by atoms with van der Waals surface area (Å²) in [6, 6.07) is 6.09. The Kier molecular flexibility index (Phi) is 10.8. The van der Waals surface area contributed by atoms with Crippen molar-refractivity contribution in [3.8, 4) is 11.4 Å². The maximum atomic E-state index is 11.0. The van der Waals surface area contributed by atoms with Crippen LogP contribution in [0.25, 0.3) is 17.5 Å². The maximum Gasteiger partial charge on any atom is 0.328 e. The summed E-state index contributed by atoms with van der Waals surface area (Å²) in [5, 5.41) is 8.99. The summed E-state index contributed by atoms with van der Waals surface area (Å²) in [4.78, 5) is 20.1. The molecule has 0 radical (unpaired) electrons. The molecule has 0 fully saturated rings. The molecule has 0 aliphatic carbocycles. The van der Waals surface area contributed by atoms with Crippen molar-refractivity contribution in [1.29, 1.82) is 0 Å². The molecule has 2 aromatic rings. The van der Waals surface area contributed by atoms with Crippen LogP contribution < -0.4 is 0 Å². The zero-order valence-electron chi connectivity index (χ0n) is 18.6. The second-order valence-corrected chi connectivity index (χ2v) is 7.97. The minimum absolute atomic E-state index is 0.729. The summed E-state index contributed by atoms with van der Waals surface area (Å²) >= 11 is 0. The van der Waals surface area contributed by atoms with Gasteiger partial charge in [0.05, 0.1) is 0 Å². The third-order valence-corrected chi connectivity index (χ3v) is 5.38. The lowest BCUT2D eigenvalue weighted by molar-refractivity contribution is -0.131. The molecule has 0 aliphatic rings. The molecule has 1 aromatic carbocycles. The van der Waals surface area contributed by atoms with Gasteiger partial charge in [-0.05, 0) is 54.5 Å². The van der Waals surface area contributed by atoms with Crippen molar-refractivity contribution in [2.75, 3.05) is 0 Å². The largest absolute Gasteiger partial charge is 0.478 e. The molecule has 0 amide bonds. The second-order valence-electron chi connectivity index (χ2n) is 7.97. The van der Waals surface area contributed by atoms with Gasteiger partial charge in [0.2, 0.25) is 0 Å². The van der Waals surface area contributed by atoms with Gasteiger partial charge >= 0.3 is 5.97 Å². The van der Waals surface area contributed by atoms with Crippen molar-refractivity contribution >= 4 is 12.0 Å². The Bertz CT molecular complexity index is 797.